The Bertz CT molecular complexity index is 1250. The standard InChI is InChI=1S/C26H29N5O5/c1-16(32)29-24(13-17-15-28-22-6-4-3-5-21(17)22)26(35)31-23(12-9-19(33)14-27)25(34)30-18-7-10-20(36-2)11-8-18/h3-8,10-11,14-15,23-24,27-28H,9,12-13H2,1-2H3,(H,29,32)(H,30,34)(H,31,35)/t23-,24-/m0/s1. The maximum Gasteiger partial charge on any atom is 0.246 e. The van der Waals surface area contributed by atoms with E-state index in [-0.39, 0.29) is 19.3 Å². The number of rotatable bonds is 12. The van der Waals surface area contributed by atoms with Crippen molar-refractivity contribution < 1.29 is 23.9 Å². The number of Topliss-reactive ketones (excluding diaryl/α,β-unsaturated/α-hetero) is 1. The summed E-state index contributed by atoms with van der Waals surface area (Å²) in [7, 11) is 1.53. The minimum atomic E-state index is -1.07. The third-order valence-electron chi connectivity index (χ3n) is 5.62. The Morgan fingerprint density at radius 3 is 2.39 bits per heavy atom. The summed E-state index contributed by atoms with van der Waals surface area (Å²) in [5, 5.41) is 16.1. The molecule has 3 amide bonds. The Morgan fingerprint density at radius 2 is 1.72 bits per heavy atom. The lowest BCUT2D eigenvalue weighted by molar-refractivity contribution is -0.130. The van der Waals surface area contributed by atoms with Gasteiger partial charge in [0.25, 0.3) is 0 Å². The van der Waals surface area contributed by atoms with Crippen LogP contribution < -0.4 is 20.7 Å². The quantitative estimate of drug-likeness (QED) is 0.246. The molecule has 0 saturated heterocycles. The molecule has 1 heterocycles. The van der Waals surface area contributed by atoms with E-state index in [1.807, 2.05) is 24.3 Å². The molecule has 0 radical (unpaired) electrons. The Kier molecular flexibility index (Phi) is 8.93. The highest BCUT2D eigenvalue weighted by atomic mass is 16.5. The van der Waals surface area contributed by atoms with Gasteiger partial charge in [-0.3, -0.25) is 19.2 Å². The number of ketones is 1. The molecule has 0 aliphatic carbocycles. The lowest BCUT2D eigenvalue weighted by atomic mass is 10.0. The number of aromatic nitrogens is 1. The number of ether oxygens (including phenoxy) is 1. The van der Waals surface area contributed by atoms with Gasteiger partial charge in [0.2, 0.25) is 17.7 Å². The summed E-state index contributed by atoms with van der Waals surface area (Å²) in [6, 6.07) is 12.2. The first-order chi connectivity index (χ1) is 17.3. The Morgan fingerprint density at radius 1 is 1.00 bits per heavy atom. The number of H-pyrrole nitrogens is 1. The number of methoxy groups -OCH3 is 1. The van der Waals surface area contributed by atoms with Crippen molar-refractivity contribution in [2.45, 2.75) is 38.3 Å². The molecule has 0 fully saturated rings. The molecule has 2 aromatic carbocycles. The van der Waals surface area contributed by atoms with Crippen molar-refractivity contribution in [1.82, 2.24) is 15.6 Å². The fraction of sp³-hybridized carbons (Fsp3) is 0.269. The monoisotopic (exact) mass is 491 g/mol. The first-order valence-electron chi connectivity index (χ1n) is 11.4. The highest BCUT2D eigenvalue weighted by molar-refractivity contribution is 6.26. The van der Waals surface area contributed by atoms with Crippen molar-refractivity contribution in [2.75, 3.05) is 12.4 Å². The molecule has 36 heavy (non-hydrogen) atoms. The normalized spacial score (nSPS) is 12.3. The second-order valence-corrected chi connectivity index (χ2v) is 8.24. The predicted molar refractivity (Wildman–Crippen MR) is 136 cm³/mol. The lowest BCUT2D eigenvalue weighted by Gasteiger charge is -2.23. The summed E-state index contributed by atoms with van der Waals surface area (Å²) in [5.41, 5.74) is 2.21. The van der Waals surface area contributed by atoms with Crippen LogP contribution in [0.25, 0.3) is 10.9 Å². The topological polar surface area (TPSA) is 153 Å². The molecule has 10 nitrogen and oxygen atoms in total. The van der Waals surface area contributed by atoms with Crippen molar-refractivity contribution in [3.63, 3.8) is 0 Å². The number of benzene rings is 2. The third-order valence-corrected chi connectivity index (χ3v) is 5.62. The zero-order valence-electron chi connectivity index (χ0n) is 20.1. The first-order valence-corrected chi connectivity index (χ1v) is 11.4. The summed E-state index contributed by atoms with van der Waals surface area (Å²) in [6.45, 7) is 1.31. The van der Waals surface area contributed by atoms with Gasteiger partial charge >= 0.3 is 0 Å². The van der Waals surface area contributed by atoms with Crippen molar-refractivity contribution in [3.05, 3.63) is 60.3 Å². The van der Waals surface area contributed by atoms with Crippen LogP contribution in [0.5, 0.6) is 5.75 Å². The largest absolute Gasteiger partial charge is 0.497 e. The summed E-state index contributed by atoms with van der Waals surface area (Å²) < 4.78 is 5.11. The minimum Gasteiger partial charge on any atom is -0.497 e. The van der Waals surface area contributed by atoms with Gasteiger partial charge in [0, 0.05) is 42.6 Å². The number of aromatic amines is 1. The number of carbonyl (C=O) groups excluding carboxylic acids is 4. The van der Waals surface area contributed by atoms with Crippen LogP contribution in [0.15, 0.2) is 54.7 Å². The zero-order chi connectivity index (χ0) is 26.1. The maximum atomic E-state index is 13.2. The molecule has 0 saturated carbocycles. The second kappa shape index (κ2) is 12.3. The molecule has 0 unspecified atom stereocenters. The molecule has 0 aliphatic heterocycles. The molecular weight excluding hydrogens is 462 g/mol. The predicted octanol–water partition coefficient (Wildman–Crippen LogP) is 2.35. The van der Waals surface area contributed by atoms with E-state index in [4.69, 9.17) is 10.1 Å². The van der Waals surface area contributed by atoms with Gasteiger partial charge in [-0.25, -0.2) is 0 Å². The second-order valence-electron chi connectivity index (χ2n) is 8.24. The molecular formula is C26H29N5O5. The van der Waals surface area contributed by atoms with E-state index in [9.17, 15) is 19.2 Å². The van der Waals surface area contributed by atoms with E-state index < -0.39 is 35.6 Å². The Hall–Kier alpha value is -4.47. The van der Waals surface area contributed by atoms with Crippen LogP contribution in [-0.4, -0.2) is 53.9 Å². The SMILES string of the molecule is COc1ccc(NC(=O)[C@H](CCC(=O)C=N)NC(=O)[C@H](Cc2c[nH]c3ccccc23)NC(C)=O)cc1. The number of nitrogens with one attached hydrogen (secondary N) is 5. The van der Waals surface area contributed by atoms with Gasteiger partial charge in [0.05, 0.1) is 13.3 Å². The van der Waals surface area contributed by atoms with E-state index in [2.05, 4.69) is 20.9 Å². The average Bonchev–Trinajstić information content (AvgIpc) is 3.28. The van der Waals surface area contributed by atoms with Gasteiger partial charge in [-0.05, 0) is 42.3 Å². The van der Waals surface area contributed by atoms with Crippen LogP contribution in [0.4, 0.5) is 5.69 Å². The van der Waals surface area contributed by atoms with Crippen LogP contribution in [-0.2, 0) is 25.6 Å². The molecule has 0 bridgehead atoms. The van der Waals surface area contributed by atoms with Gasteiger partial charge in [0.15, 0.2) is 5.78 Å². The molecule has 0 aliphatic rings. The van der Waals surface area contributed by atoms with Crippen LogP contribution in [0.3, 0.4) is 0 Å². The van der Waals surface area contributed by atoms with Crippen molar-refractivity contribution in [3.8, 4) is 5.75 Å². The van der Waals surface area contributed by atoms with Gasteiger partial charge in [0.1, 0.15) is 17.8 Å². The van der Waals surface area contributed by atoms with Crippen LogP contribution >= 0.6 is 0 Å². The van der Waals surface area contributed by atoms with Gasteiger partial charge in [-0.15, -0.1) is 0 Å². The van der Waals surface area contributed by atoms with Gasteiger partial charge in [-0.1, -0.05) is 18.2 Å². The molecule has 5 N–H and O–H groups in total. The van der Waals surface area contributed by atoms with Gasteiger partial charge in [-0.2, -0.15) is 0 Å². The molecule has 0 spiro atoms. The van der Waals surface area contributed by atoms with E-state index in [0.29, 0.717) is 17.7 Å². The maximum absolute atomic E-state index is 13.2. The van der Waals surface area contributed by atoms with E-state index >= 15 is 0 Å². The first kappa shape index (κ1) is 26.1. The molecule has 188 valence electrons. The fourth-order valence-corrected chi connectivity index (χ4v) is 3.78. The number of hydrogen-bond donors (Lipinski definition) is 5. The van der Waals surface area contributed by atoms with Crippen LogP contribution in [0.1, 0.15) is 25.3 Å². The minimum absolute atomic E-state index is 0.0121. The highest BCUT2D eigenvalue weighted by Gasteiger charge is 2.27. The van der Waals surface area contributed by atoms with Crippen molar-refractivity contribution in [1.29, 1.82) is 5.41 Å². The summed E-state index contributed by atoms with van der Waals surface area (Å²) in [4.78, 5) is 53.0. The summed E-state index contributed by atoms with van der Waals surface area (Å²) in [6.07, 6.45) is 2.54. The lowest BCUT2D eigenvalue weighted by Crippen LogP contribution is -2.53. The van der Waals surface area contributed by atoms with Crippen LogP contribution in [0.2, 0.25) is 0 Å². The number of carbonyl (C=O) groups is 4. The third kappa shape index (κ3) is 7.02. The number of amides is 3. The smallest absolute Gasteiger partial charge is 0.246 e. The molecule has 10 heteroatoms. The average molecular weight is 492 g/mol. The Balaban J connectivity index is 1.78. The number of anilines is 1. The zero-order valence-corrected chi connectivity index (χ0v) is 20.1. The highest BCUT2D eigenvalue weighted by Crippen LogP contribution is 2.20. The van der Waals surface area contributed by atoms with Crippen molar-refractivity contribution in [2.24, 2.45) is 0 Å². The van der Waals surface area contributed by atoms with Crippen LogP contribution in [0, 0.1) is 5.41 Å². The van der Waals surface area contributed by atoms with E-state index in [1.165, 1.54) is 14.0 Å². The molecule has 3 aromatic rings. The molecule has 2 atom stereocenters. The molecule has 3 rings (SSSR count). The van der Waals surface area contributed by atoms with E-state index in [0.717, 1.165) is 16.5 Å². The fourth-order valence-electron chi connectivity index (χ4n) is 3.78. The summed E-state index contributed by atoms with van der Waals surface area (Å²) >= 11 is 0. The molecule has 1 aromatic heterocycles. The number of hydrogen-bond acceptors (Lipinski definition) is 6. The number of para-hydroxylation sites is 1. The number of fused-ring (bicyclic) bond motifs is 1. The van der Waals surface area contributed by atoms with Gasteiger partial charge < -0.3 is 31.1 Å². The van der Waals surface area contributed by atoms with Crippen molar-refractivity contribution >= 4 is 46.3 Å². The summed E-state index contributed by atoms with van der Waals surface area (Å²) in [5.74, 6) is -1.34. The van der Waals surface area contributed by atoms with E-state index in [1.54, 1.807) is 30.5 Å². The Labute approximate surface area is 208 Å².